The standard InChI is InChI=1S/C18H22N2O3/c1-13(12-19-15-7-5-4-6-8-15)20-18(21)14-9-16(22-2)11-17(10-14)23-3/h4-11,13,19H,12H2,1-3H3,(H,20,21). The molecule has 0 fully saturated rings. The fraction of sp³-hybridized carbons (Fsp3) is 0.278. The van der Waals surface area contributed by atoms with Crippen molar-refractivity contribution in [3.05, 3.63) is 54.1 Å². The zero-order chi connectivity index (χ0) is 16.7. The molecule has 2 rings (SSSR count). The first-order chi connectivity index (χ1) is 11.1. The highest BCUT2D eigenvalue weighted by Crippen LogP contribution is 2.22. The molecular formula is C18H22N2O3. The predicted octanol–water partition coefficient (Wildman–Crippen LogP) is 2.93. The molecule has 0 radical (unpaired) electrons. The molecule has 0 bridgehead atoms. The number of para-hydroxylation sites is 1. The van der Waals surface area contributed by atoms with Crippen LogP contribution in [0.2, 0.25) is 0 Å². The number of hydrogen-bond donors (Lipinski definition) is 2. The van der Waals surface area contributed by atoms with Crippen molar-refractivity contribution in [3.8, 4) is 11.5 Å². The van der Waals surface area contributed by atoms with Crippen LogP contribution in [0.15, 0.2) is 48.5 Å². The van der Waals surface area contributed by atoms with Crippen molar-refractivity contribution in [1.82, 2.24) is 5.32 Å². The maximum atomic E-state index is 12.4. The van der Waals surface area contributed by atoms with Gasteiger partial charge in [-0.1, -0.05) is 18.2 Å². The summed E-state index contributed by atoms with van der Waals surface area (Å²) in [4.78, 5) is 12.4. The molecule has 5 heteroatoms. The molecule has 2 aromatic rings. The van der Waals surface area contributed by atoms with E-state index in [-0.39, 0.29) is 11.9 Å². The quantitative estimate of drug-likeness (QED) is 0.825. The van der Waals surface area contributed by atoms with Crippen molar-refractivity contribution < 1.29 is 14.3 Å². The van der Waals surface area contributed by atoms with Crippen LogP contribution in [0.1, 0.15) is 17.3 Å². The summed E-state index contributed by atoms with van der Waals surface area (Å²) in [5, 5.41) is 6.24. The minimum absolute atomic E-state index is 0.0279. The Morgan fingerprint density at radius 3 is 2.22 bits per heavy atom. The molecule has 0 saturated carbocycles. The topological polar surface area (TPSA) is 59.6 Å². The van der Waals surface area contributed by atoms with Gasteiger partial charge in [-0.15, -0.1) is 0 Å². The fourth-order valence-electron chi connectivity index (χ4n) is 2.12. The second-order valence-corrected chi connectivity index (χ2v) is 5.22. The molecule has 1 atom stereocenters. The summed E-state index contributed by atoms with van der Waals surface area (Å²) in [6.07, 6.45) is 0. The number of amides is 1. The van der Waals surface area contributed by atoms with E-state index < -0.39 is 0 Å². The SMILES string of the molecule is COc1cc(OC)cc(C(=O)NC(C)CNc2ccccc2)c1. The number of rotatable bonds is 7. The van der Waals surface area contributed by atoms with Gasteiger partial charge in [0.05, 0.1) is 14.2 Å². The number of nitrogens with one attached hydrogen (secondary N) is 2. The third-order valence-corrected chi connectivity index (χ3v) is 3.38. The Morgan fingerprint density at radius 2 is 1.65 bits per heavy atom. The Bertz CT molecular complexity index is 622. The molecule has 2 N–H and O–H groups in total. The van der Waals surface area contributed by atoms with Crippen LogP contribution in [0.4, 0.5) is 5.69 Å². The smallest absolute Gasteiger partial charge is 0.251 e. The van der Waals surface area contributed by atoms with Gasteiger partial charge >= 0.3 is 0 Å². The second kappa shape index (κ2) is 8.08. The molecule has 0 aromatic heterocycles. The Hall–Kier alpha value is -2.69. The molecule has 1 amide bonds. The second-order valence-electron chi connectivity index (χ2n) is 5.22. The van der Waals surface area contributed by atoms with E-state index in [1.165, 1.54) is 0 Å². The maximum absolute atomic E-state index is 12.4. The molecule has 5 nitrogen and oxygen atoms in total. The van der Waals surface area contributed by atoms with Crippen LogP contribution in [0.3, 0.4) is 0 Å². The van der Waals surface area contributed by atoms with E-state index in [4.69, 9.17) is 9.47 Å². The van der Waals surface area contributed by atoms with Gasteiger partial charge < -0.3 is 20.1 Å². The van der Waals surface area contributed by atoms with Gasteiger partial charge in [-0.3, -0.25) is 4.79 Å². The summed E-state index contributed by atoms with van der Waals surface area (Å²) in [6, 6.07) is 15.0. The van der Waals surface area contributed by atoms with Crippen LogP contribution in [0, 0.1) is 0 Å². The van der Waals surface area contributed by atoms with E-state index in [0.29, 0.717) is 23.6 Å². The number of carbonyl (C=O) groups excluding carboxylic acids is 1. The fourth-order valence-corrected chi connectivity index (χ4v) is 2.12. The number of ether oxygens (including phenoxy) is 2. The average molecular weight is 314 g/mol. The summed E-state index contributed by atoms with van der Waals surface area (Å²) in [7, 11) is 3.12. The highest BCUT2D eigenvalue weighted by atomic mass is 16.5. The van der Waals surface area contributed by atoms with Gasteiger partial charge in [0.2, 0.25) is 0 Å². The molecule has 0 spiro atoms. The van der Waals surface area contributed by atoms with Crippen LogP contribution < -0.4 is 20.1 Å². The molecule has 0 aliphatic heterocycles. The van der Waals surface area contributed by atoms with Crippen LogP contribution in [0.5, 0.6) is 11.5 Å². The summed E-state index contributed by atoms with van der Waals surface area (Å²) >= 11 is 0. The van der Waals surface area contributed by atoms with Crippen LogP contribution >= 0.6 is 0 Å². The molecule has 0 saturated heterocycles. The summed E-state index contributed by atoms with van der Waals surface area (Å²) in [6.45, 7) is 2.59. The van der Waals surface area contributed by atoms with E-state index in [2.05, 4.69) is 10.6 Å². The minimum Gasteiger partial charge on any atom is -0.497 e. The van der Waals surface area contributed by atoms with E-state index in [0.717, 1.165) is 5.69 Å². The van der Waals surface area contributed by atoms with Crippen LogP contribution in [-0.2, 0) is 0 Å². The van der Waals surface area contributed by atoms with Crippen LogP contribution in [0.25, 0.3) is 0 Å². The number of methoxy groups -OCH3 is 2. The first-order valence-electron chi connectivity index (χ1n) is 7.45. The largest absolute Gasteiger partial charge is 0.497 e. The van der Waals surface area contributed by atoms with E-state index >= 15 is 0 Å². The average Bonchev–Trinajstić information content (AvgIpc) is 2.60. The zero-order valence-electron chi connectivity index (χ0n) is 13.6. The Morgan fingerprint density at radius 1 is 1.04 bits per heavy atom. The lowest BCUT2D eigenvalue weighted by molar-refractivity contribution is 0.0941. The van der Waals surface area contributed by atoms with Crippen molar-refractivity contribution in [2.24, 2.45) is 0 Å². The van der Waals surface area contributed by atoms with Crippen molar-refractivity contribution in [2.75, 3.05) is 26.1 Å². The Balaban J connectivity index is 1.95. The van der Waals surface area contributed by atoms with E-state index in [1.54, 1.807) is 32.4 Å². The summed E-state index contributed by atoms with van der Waals surface area (Å²) < 4.78 is 10.4. The highest BCUT2D eigenvalue weighted by Gasteiger charge is 2.12. The van der Waals surface area contributed by atoms with Gasteiger partial charge in [-0.05, 0) is 31.2 Å². The first-order valence-corrected chi connectivity index (χ1v) is 7.45. The normalized spacial score (nSPS) is 11.4. The van der Waals surface area contributed by atoms with Crippen molar-refractivity contribution >= 4 is 11.6 Å². The van der Waals surface area contributed by atoms with E-state index in [9.17, 15) is 4.79 Å². The lowest BCUT2D eigenvalue weighted by atomic mass is 10.1. The molecule has 1 unspecified atom stereocenters. The molecule has 0 aliphatic carbocycles. The Labute approximate surface area is 136 Å². The summed E-state index contributed by atoms with van der Waals surface area (Å²) in [5.41, 5.74) is 1.53. The van der Waals surface area contributed by atoms with E-state index in [1.807, 2.05) is 37.3 Å². The number of hydrogen-bond acceptors (Lipinski definition) is 4. The number of carbonyl (C=O) groups is 1. The van der Waals surface area contributed by atoms with Gasteiger partial charge in [0.15, 0.2) is 0 Å². The molecule has 0 heterocycles. The zero-order valence-corrected chi connectivity index (χ0v) is 13.6. The number of benzene rings is 2. The van der Waals surface area contributed by atoms with Crippen molar-refractivity contribution in [3.63, 3.8) is 0 Å². The first kappa shape index (κ1) is 16.7. The van der Waals surface area contributed by atoms with Crippen LogP contribution in [-0.4, -0.2) is 32.7 Å². The lowest BCUT2D eigenvalue weighted by Crippen LogP contribution is -2.37. The molecule has 0 aliphatic rings. The number of anilines is 1. The molecular weight excluding hydrogens is 292 g/mol. The summed E-state index contributed by atoms with van der Waals surface area (Å²) in [5.74, 6) is 1.01. The van der Waals surface area contributed by atoms with Gasteiger partial charge in [0.25, 0.3) is 5.91 Å². The van der Waals surface area contributed by atoms with Crippen molar-refractivity contribution in [1.29, 1.82) is 0 Å². The predicted molar refractivity (Wildman–Crippen MR) is 91.4 cm³/mol. The molecule has 23 heavy (non-hydrogen) atoms. The van der Waals surface area contributed by atoms with Gasteiger partial charge in [-0.25, -0.2) is 0 Å². The third-order valence-electron chi connectivity index (χ3n) is 3.38. The molecule has 122 valence electrons. The Kier molecular flexibility index (Phi) is 5.86. The van der Waals surface area contributed by atoms with Crippen molar-refractivity contribution in [2.45, 2.75) is 13.0 Å². The van der Waals surface area contributed by atoms with Gasteiger partial charge in [0.1, 0.15) is 11.5 Å². The van der Waals surface area contributed by atoms with Gasteiger partial charge in [0, 0.05) is 29.9 Å². The lowest BCUT2D eigenvalue weighted by Gasteiger charge is -2.16. The highest BCUT2D eigenvalue weighted by molar-refractivity contribution is 5.95. The maximum Gasteiger partial charge on any atom is 0.251 e. The molecule has 2 aromatic carbocycles. The monoisotopic (exact) mass is 314 g/mol. The minimum atomic E-state index is -0.162. The van der Waals surface area contributed by atoms with Gasteiger partial charge in [-0.2, -0.15) is 0 Å². The third kappa shape index (κ3) is 4.92.